The van der Waals surface area contributed by atoms with Crippen molar-refractivity contribution in [2.75, 3.05) is 6.54 Å². The van der Waals surface area contributed by atoms with Gasteiger partial charge in [-0.15, -0.1) is 0 Å². The van der Waals surface area contributed by atoms with E-state index in [1.165, 1.54) is 4.90 Å². The van der Waals surface area contributed by atoms with E-state index in [4.69, 9.17) is 5.73 Å². The molecular formula is C12H22N2O3. The third-order valence-electron chi connectivity index (χ3n) is 3.62. The Labute approximate surface area is 102 Å². The van der Waals surface area contributed by atoms with Gasteiger partial charge >= 0.3 is 5.97 Å². The number of carboxylic acids is 1. The quantitative estimate of drug-likeness (QED) is 0.767. The molecule has 17 heavy (non-hydrogen) atoms. The van der Waals surface area contributed by atoms with Crippen molar-refractivity contribution in [3.63, 3.8) is 0 Å². The first-order valence-electron chi connectivity index (χ1n) is 6.11. The van der Waals surface area contributed by atoms with Crippen molar-refractivity contribution < 1.29 is 14.7 Å². The molecule has 1 amide bonds. The van der Waals surface area contributed by atoms with Crippen LogP contribution in [0, 0.1) is 5.92 Å². The molecule has 1 fully saturated rings. The molecule has 3 N–H and O–H groups in total. The lowest BCUT2D eigenvalue weighted by Crippen LogP contribution is -2.61. The summed E-state index contributed by atoms with van der Waals surface area (Å²) in [7, 11) is 0. The van der Waals surface area contributed by atoms with Gasteiger partial charge in [-0.1, -0.05) is 13.8 Å². The maximum absolute atomic E-state index is 12.2. The van der Waals surface area contributed by atoms with Crippen LogP contribution in [0.25, 0.3) is 0 Å². The molecule has 1 aliphatic rings. The molecule has 1 saturated heterocycles. The summed E-state index contributed by atoms with van der Waals surface area (Å²) in [4.78, 5) is 25.0. The average molecular weight is 242 g/mol. The van der Waals surface area contributed by atoms with E-state index in [-0.39, 0.29) is 11.8 Å². The molecule has 1 rings (SSSR count). The summed E-state index contributed by atoms with van der Waals surface area (Å²) in [6.07, 6.45) is 2.18. The Kier molecular flexibility index (Phi) is 4.14. The average Bonchev–Trinajstić information content (AvgIpc) is 2.27. The van der Waals surface area contributed by atoms with Crippen LogP contribution in [0.5, 0.6) is 0 Å². The van der Waals surface area contributed by atoms with Crippen LogP contribution in [-0.4, -0.2) is 40.0 Å². The highest BCUT2D eigenvalue weighted by atomic mass is 16.4. The Morgan fingerprint density at radius 1 is 1.35 bits per heavy atom. The minimum Gasteiger partial charge on any atom is -0.480 e. The molecule has 5 nitrogen and oxygen atoms in total. The van der Waals surface area contributed by atoms with Crippen molar-refractivity contribution in [3.8, 4) is 0 Å². The van der Waals surface area contributed by atoms with Crippen molar-refractivity contribution in [2.24, 2.45) is 11.7 Å². The van der Waals surface area contributed by atoms with E-state index in [2.05, 4.69) is 0 Å². The Balaban J connectivity index is 2.93. The monoisotopic (exact) mass is 242 g/mol. The van der Waals surface area contributed by atoms with Gasteiger partial charge in [-0.3, -0.25) is 4.79 Å². The minimum absolute atomic E-state index is 0.0162. The van der Waals surface area contributed by atoms with Crippen LogP contribution in [0.1, 0.15) is 40.0 Å². The van der Waals surface area contributed by atoms with Gasteiger partial charge in [0.25, 0.3) is 0 Å². The highest BCUT2D eigenvalue weighted by Crippen LogP contribution is 2.29. The van der Waals surface area contributed by atoms with Crippen LogP contribution in [0.2, 0.25) is 0 Å². The predicted molar refractivity (Wildman–Crippen MR) is 64.4 cm³/mol. The fourth-order valence-electron chi connectivity index (χ4n) is 2.16. The molecule has 0 spiro atoms. The van der Waals surface area contributed by atoms with Gasteiger partial charge in [0.1, 0.15) is 5.54 Å². The number of piperidine rings is 1. The second kappa shape index (κ2) is 5.04. The van der Waals surface area contributed by atoms with Crippen molar-refractivity contribution in [1.82, 2.24) is 4.90 Å². The van der Waals surface area contributed by atoms with Gasteiger partial charge in [-0.05, 0) is 32.1 Å². The standard InChI is InChI=1S/C12H22N2O3/c1-8(2)9(13)10(15)14-7-5-4-6-12(14,3)11(16)17/h8-9H,4-7,13H2,1-3H3,(H,16,17). The second-order valence-corrected chi connectivity index (χ2v) is 5.30. The minimum atomic E-state index is -1.10. The smallest absolute Gasteiger partial charge is 0.329 e. The third-order valence-corrected chi connectivity index (χ3v) is 3.62. The molecule has 0 radical (unpaired) electrons. The SMILES string of the molecule is CC(C)C(N)C(=O)N1CCCCC1(C)C(=O)O. The zero-order chi connectivity index (χ0) is 13.2. The van der Waals surface area contributed by atoms with Crippen molar-refractivity contribution in [2.45, 2.75) is 51.6 Å². The maximum atomic E-state index is 12.2. The molecule has 0 aromatic heterocycles. The first kappa shape index (κ1) is 14.0. The van der Waals surface area contributed by atoms with Crippen molar-refractivity contribution in [3.05, 3.63) is 0 Å². The van der Waals surface area contributed by atoms with E-state index in [0.717, 1.165) is 12.8 Å². The largest absolute Gasteiger partial charge is 0.480 e. The third kappa shape index (κ3) is 2.60. The Morgan fingerprint density at radius 2 is 1.94 bits per heavy atom. The predicted octanol–water partition coefficient (Wildman–Crippen LogP) is 0.825. The molecule has 0 bridgehead atoms. The van der Waals surface area contributed by atoms with E-state index in [1.807, 2.05) is 13.8 Å². The molecule has 0 saturated carbocycles. The second-order valence-electron chi connectivity index (χ2n) is 5.30. The first-order chi connectivity index (χ1) is 7.80. The molecule has 5 heteroatoms. The van der Waals surface area contributed by atoms with Crippen molar-refractivity contribution in [1.29, 1.82) is 0 Å². The number of rotatable bonds is 3. The first-order valence-corrected chi connectivity index (χ1v) is 6.11. The number of carbonyl (C=O) groups excluding carboxylic acids is 1. The molecule has 1 aliphatic heterocycles. The van der Waals surface area contributed by atoms with Gasteiger partial charge in [0.2, 0.25) is 5.91 Å². The lowest BCUT2D eigenvalue weighted by atomic mass is 9.87. The van der Waals surface area contributed by atoms with E-state index in [0.29, 0.717) is 13.0 Å². The number of nitrogens with two attached hydrogens (primary N) is 1. The molecule has 2 atom stereocenters. The van der Waals surface area contributed by atoms with Crippen molar-refractivity contribution >= 4 is 11.9 Å². The Morgan fingerprint density at radius 3 is 2.41 bits per heavy atom. The number of amides is 1. The number of hydrogen-bond acceptors (Lipinski definition) is 3. The number of likely N-dealkylation sites (tertiary alicyclic amines) is 1. The molecule has 2 unspecified atom stereocenters. The van der Waals surface area contributed by atoms with Crippen LogP contribution in [0.15, 0.2) is 0 Å². The zero-order valence-corrected chi connectivity index (χ0v) is 10.8. The Hall–Kier alpha value is -1.10. The van der Waals surface area contributed by atoms with E-state index in [1.54, 1.807) is 6.92 Å². The van der Waals surface area contributed by atoms with E-state index >= 15 is 0 Å². The van der Waals surface area contributed by atoms with Gasteiger partial charge in [0.15, 0.2) is 0 Å². The van der Waals surface area contributed by atoms with Gasteiger partial charge in [0, 0.05) is 6.54 Å². The molecule has 98 valence electrons. The van der Waals surface area contributed by atoms with Crippen LogP contribution in [-0.2, 0) is 9.59 Å². The summed E-state index contributed by atoms with van der Waals surface area (Å²) in [5.41, 5.74) is 4.73. The molecule has 0 aromatic carbocycles. The highest BCUT2D eigenvalue weighted by Gasteiger charge is 2.45. The summed E-state index contributed by atoms with van der Waals surface area (Å²) >= 11 is 0. The summed E-state index contributed by atoms with van der Waals surface area (Å²) in [6, 6.07) is -0.619. The number of carboxylic acid groups (broad SMARTS) is 1. The fourth-order valence-corrected chi connectivity index (χ4v) is 2.16. The van der Waals surface area contributed by atoms with Crippen LogP contribution >= 0.6 is 0 Å². The summed E-state index contributed by atoms with van der Waals surface area (Å²) in [5.74, 6) is -1.17. The summed E-state index contributed by atoms with van der Waals surface area (Å²) in [5, 5.41) is 9.30. The van der Waals surface area contributed by atoms with Crippen LogP contribution in [0.4, 0.5) is 0 Å². The zero-order valence-electron chi connectivity index (χ0n) is 10.8. The van der Waals surface area contributed by atoms with Gasteiger partial charge < -0.3 is 15.7 Å². The summed E-state index contributed by atoms with van der Waals surface area (Å²) < 4.78 is 0. The molecule has 1 heterocycles. The number of hydrogen-bond donors (Lipinski definition) is 2. The molecule has 0 aliphatic carbocycles. The summed E-state index contributed by atoms with van der Waals surface area (Å²) in [6.45, 7) is 5.83. The lowest BCUT2D eigenvalue weighted by molar-refractivity contribution is -0.162. The molecular weight excluding hydrogens is 220 g/mol. The van der Waals surface area contributed by atoms with E-state index in [9.17, 15) is 14.7 Å². The highest BCUT2D eigenvalue weighted by molar-refractivity contribution is 5.89. The maximum Gasteiger partial charge on any atom is 0.329 e. The molecule has 0 aromatic rings. The fraction of sp³-hybridized carbons (Fsp3) is 0.833. The number of aliphatic carboxylic acids is 1. The van der Waals surface area contributed by atoms with Crippen LogP contribution < -0.4 is 5.73 Å². The Bertz CT molecular complexity index is 317. The van der Waals surface area contributed by atoms with Gasteiger partial charge in [-0.2, -0.15) is 0 Å². The van der Waals surface area contributed by atoms with Gasteiger partial charge in [-0.25, -0.2) is 4.79 Å². The topological polar surface area (TPSA) is 83.6 Å². The lowest BCUT2D eigenvalue weighted by Gasteiger charge is -2.43. The normalized spacial score (nSPS) is 27.0. The number of carbonyl (C=O) groups is 2. The van der Waals surface area contributed by atoms with Crippen LogP contribution in [0.3, 0.4) is 0 Å². The van der Waals surface area contributed by atoms with E-state index < -0.39 is 17.6 Å². The van der Waals surface area contributed by atoms with Gasteiger partial charge in [0.05, 0.1) is 6.04 Å². The number of nitrogens with zero attached hydrogens (tertiary/aromatic N) is 1.